The monoisotopic (exact) mass is 325 g/mol. The normalized spacial score (nSPS) is 16.8. The number of ether oxygens (including phenoxy) is 1. The Kier molecular flexibility index (Phi) is 5.15. The minimum absolute atomic E-state index is 0.00590. The van der Waals surface area contributed by atoms with Gasteiger partial charge in [-0.25, -0.2) is 9.97 Å². The van der Waals surface area contributed by atoms with Gasteiger partial charge in [0, 0.05) is 43.8 Å². The molecule has 1 aromatic carbocycles. The summed E-state index contributed by atoms with van der Waals surface area (Å²) in [6.45, 7) is 1.15. The van der Waals surface area contributed by atoms with Crippen LogP contribution in [0.3, 0.4) is 0 Å². The Morgan fingerprint density at radius 3 is 2.58 bits per heavy atom. The number of Topliss-reactive ketones (excluding diaryl/α,β-unsaturated/α-hetero) is 1. The van der Waals surface area contributed by atoms with Gasteiger partial charge in [-0.1, -0.05) is 30.3 Å². The van der Waals surface area contributed by atoms with Crippen LogP contribution in [0.15, 0.2) is 48.8 Å². The van der Waals surface area contributed by atoms with Crippen LogP contribution in [0.25, 0.3) is 0 Å². The summed E-state index contributed by atoms with van der Waals surface area (Å²) in [5.41, 5.74) is 0.647. The highest BCUT2D eigenvalue weighted by Crippen LogP contribution is 2.16. The summed E-state index contributed by atoms with van der Waals surface area (Å²) in [4.78, 5) is 34.1. The van der Waals surface area contributed by atoms with Gasteiger partial charge >= 0.3 is 6.01 Å². The molecule has 6 nitrogen and oxygen atoms in total. The van der Waals surface area contributed by atoms with E-state index >= 15 is 0 Å². The molecular weight excluding hydrogens is 306 g/mol. The minimum atomic E-state index is -0.0961. The number of carbonyl (C=O) groups excluding carboxylic acids is 2. The fourth-order valence-corrected chi connectivity index (χ4v) is 2.69. The molecule has 0 spiro atoms. The highest BCUT2D eigenvalue weighted by molar-refractivity contribution is 5.97. The van der Waals surface area contributed by atoms with Crippen molar-refractivity contribution in [1.82, 2.24) is 14.9 Å². The molecule has 24 heavy (non-hydrogen) atoms. The number of hydrogen-bond acceptors (Lipinski definition) is 5. The zero-order valence-corrected chi connectivity index (χ0v) is 13.3. The van der Waals surface area contributed by atoms with E-state index < -0.39 is 0 Å². The van der Waals surface area contributed by atoms with Crippen LogP contribution in [0.1, 0.15) is 29.6 Å². The van der Waals surface area contributed by atoms with Gasteiger partial charge in [0.05, 0.1) is 6.54 Å². The van der Waals surface area contributed by atoms with Crippen molar-refractivity contribution in [3.63, 3.8) is 0 Å². The molecule has 0 N–H and O–H groups in total. The van der Waals surface area contributed by atoms with Crippen molar-refractivity contribution >= 4 is 11.7 Å². The molecule has 1 fully saturated rings. The minimum Gasteiger partial charge on any atom is -0.458 e. The van der Waals surface area contributed by atoms with E-state index in [1.807, 2.05) is 18.2 Å². The molecule has 0 bridgehead atoms. The van der Waals surface area contributed by atoms with Gasteiger partial charge < -0.3 is 9.64 Å². The number of nitrogens with zero attached hydrogens (tertiary/aromatic N) is 3. The fraction of sp³-hybridized carbons (Fsp3) is 0.333. The van der Waals surface area contributed by atoms with Crippen LogP contribution in [0.5, 0.6) is 6.01 Å². The molecular formula is C18H19N3O3. The second-order valence-corrected chi connectivity index (χ2v) is 5.69. The highest BCUT2D eigenvalue weighted by Gasteiger charge is 2.28. The fourth-order valence-electron chi connectivity index (χ4n) is 2.69. The van der Waals surface area contributed by atoms with Crippen molar-refractivity contribution in [3.8, 4) is 6.01 Å². The molecule has 0 unspecified atom stereocenters. The van der Waals surface area contributed by atoms with Crippen LogP contribution in [-0.4, -0.2) is 45.8 Å². The van der Waals surface area contributed by atoms with Crippen LogP contribution < -0.4 is 4.74 Å². The molecule has 124 valence electrons. The standard InChI is InChI=1S/C18H19N3O3/c22-16(14-5-2-1-3-6-14)7-8-17(23)21-12-9-15(13-21)24-18-19-10-4-11-20-18/h1-6,10-11,15H,7-9,12-13H2/t15-/m0/s1. The lowest BCUT2D eigenvalue weighted by atomic mass is 10.1. The number of rotatable bonds is 6. The average Bonchev–Trinajstić information content (AvgIpc) is 3.09. The molecule has 1 atom stereocenters. The van der Waals surface area contributed by atoms with Crippen LogP contribution in [0.2, 0.25) is 0 Å². The van der Waals surface area contributed by atoms with Gasteiger partial charge in [-0.2, -0.15) is 0 Å². The summed E-state index contributed by atoms with van der Waals surface area (Å²) in [7, 11) is 0. The number of likely N-dealkylation sites (tertiary alicyclic amines) is 1. The molecule has 2 aromatic rings. The Labute approximate surface area is 140 Å². The summed E-state index contributed by atoms with van der Waals surface area (Å²) in [6, 6.07) is 11.1. The molecule has 1 aliphatic rings. The molecule has 3 rings (SSSR count). The Bertz CT molecular complexity index is 691. The van der Waals surface area contributed by atoms with Crippen molar-refractivity contribution in [2.75, 3.05) is 13.1 Å². The number of ketones is 1. The maximum Gasteiger partial charge on any atom is 0.316 e. The molecule has 1 aliphatic heterocycles. The average molecular weight is 325 g/mol. The smallest absolute Gasteiger partial charge is 0.316 e. The first kappa shape index (κ1) is 16.1. The molecule has 6 heteroatoms. The van der Waals surface area contributed by atoms with Crippen LogP contribution in [0, 0.1) is 0 Å². The maximum atomic E-state index is 12.3. The Balaban J connectivity index is 1.45. The van der Waals surface area contributed by atoms with Gasteiger partial charge in [0.2, 0.25) is 5.91 Å². The quantitative estimate of drug-likeness (QED) is 0.761. The van der Waals surface area contributed by atoms with E-state index in [-0.39, 0.29) is 30.6 Å². The molecule has 0 aliphatic carbocycles. The van der Waals surface area contributed by atoms with Gasteiger partial charge in [0.1, 0.15) is 6.10 Å². The van der Waals surface area contributed by atoms with Crippen molar-refractivity contribution in [2.45, 2.75) is 25.4 Å². The van der Waals surface area contributed by atoms with Crippen molar-refractivity contribution in [2.24, 2.45) is 0 Å². The third-order valence-corrected chi connectivity index (χ3v) is 3.97. The van der Waals surface area contributed by atoms with E-state index in [9.17, 15) is 9.59 Å². The third kappa shape index (κ3) is 4.16. The predicted molar refractivity (Wildman–Crippen MR) is 87.7 cm³/mol. The van der Waals surface area contributed by atoms with Crippen LogP contribution in [-0.2, 0) is 4.79 Å². The van der Waals surface area contributed by atoms with E-state index in [0.29, 0.717) is 24.7 Å². The number of carbonyl (C=O) groups is 2. The van der Waals surface area contributed by atoms with Gasteiger partial charge in [0.15, 0.2) is 5.78 Å². The van der Waals surface area contributed by atoms with E-state index in [4.69, 9.17) is 4.74 Å². The number of hydrogen-bond donors (Lipinski definition) is 0. The predicted octanol–water partition coefficient (Wildman–Crippen LogP) is 2.12. The first-order valence-electron chi connectivity index (χ1n) is 8.02. The largest absolute Gasteiger partial charge is 0.458 e. The lowest BCUT2D eigenvalue weighted by Gasteiger charge is -2.16. The third-order valence-electron chi connectivity index (χ3n) is 3.97. The summed E-state index contributed by atoms with van der Waals surface area (Å²) >= 11 is 0. The van der Waals surface area contributed by atoms with Crippen LogP contribution in [0.4, 0.5) is 0 Å². The first-order valence-corrected chi connectivity index (χ1v) is 8.02. The Morgan fingerprint density at radius 2 is 1.83 bits per heavy atom. The second kappa shape index (κ2) is 7.68. The zero-order valence-electron chi connectivity index (χ0n) is 13.3. The van der Waals surface area contributed by atoms with E-state index in [1.165, 1.54) is 0 Å². The molecule has 0 saturated carbocycles. The van der Waals surface area contributed by atoms with Gasteiger partial charge in [-0.3, -0.25) is 9.59 Å². The summed E-state index contributed by atoms with van der Waals surface area (Å²) in [5, 5.41) is 0. The number of aromatic nitrogens is 2. The van der Waals surface area contributed by atoms with Gasteiger partial charge in [-0.15, -0.1) is 0 Å². The van der Waals surface area contributed by atoms with Gasteiger partial charge in [-0.05, 0) is 6.07 Å². The number of amides is 1. The lowest BCUT2D eigenvalue weighted by molar-refractivity contribution is -0.130. The summed E-state index contributed by atoms with van der Waals surface area (Å²) in [5.74, 6) is -0.0204. The van der Waals surface area contributed by atoms with Crippen molar-refractivity contribution in [3.05, 3.63) is 54.4 Å². The first-order chi connectivity index (χ1) is 11.7. The van der Waals surface area contributed by atoms with E-state index in [1.54, 1.807) is 35.5 Å². The molecule has 1 saturated heterocycles. The Hall–Kier alpha value is -2.76. The molecule has 1 amide bonds. The topological polar surface area (TPSA) is 72.4 Å². The molecule has 2 heterocycles. The number of benzene rings is 1. The van der Waals surface area contributed by atoms with E-state index in [2.05, 4.69) is 9.97 Å². The van der Waals surface area contributed by atoms with Crippen molar-refractivity contribution in [1.29, 1.82) is 0 Å². The molecule has 0 radical (unpaired) electrons. The summed E-state index contributed by atoms with van der Waals surface area (Å²) < 4.78 is 5.67. The van der Waals surface area contributed by atoms with Crippen LogP contribution >= 0.6 is 0 Å². The highest BCUT2D eigenvalue weighted by atomic mass is 16.5. The van der Waals surface area contributed by atoms with Gasteiger partial charge in [0.25, 0.3) is 0 Å². The molecule has 1 aromatic heterocycles. The summed E-state index contributed by atoms with van der Waals surface area (Å²) in [6.07, 6.45) is 4.34. The van der Waals surface area contributed by atoms with Crippen molar-refractivity contribution < 1.29 is 14.3 Å². The maximum absolute atomic E-state index is 12.3. The lowest BCUT2D eigenvalue weighted by Crippen LogP contribution is -2.31. The zero-order chi connectivity index (χ0) is 16.8. The van der Waals surface area contributed by atoms with E-state index in [0.717, 1.165) is 6.42 Å². The Morgan fingerprint density at radius 1 is 1.08 bits per heavy atom. The second-order valence-electron chi connectivity index (χ2n) is 5.69. The SMILES string of the molecule is O=C(CCC(=O)N1CC[C@H](Oc2ncccn2)C1)c1ccccc1.